The number of aryl methyl sites for hydroxylation is 1. The maximum absolute atomic E-state index is 12.1. The Hall–Kier alpha value is -1.98. The van der Waals surface area contributed by atoms with Crippen molar-refractivity contribution in [2.75, 3.05) is 13.1 Å². The molecule has 2 rings (SSSR count). The summed E-state index contributed by atoms with van der Waals surface area (Å²) in [5.74, 6) is 0.194. The van der Waals surface area contributed by atoms with E-state index in [1.165, 1.54) is 0 Å². The van der Waals surface area contributed by atoms with Gasteiger partial charge in [-0.05, 0) is 37.8 Å². The van der Waals surface area contributed by atoms with Crippen LogP contribution < -0.4 is 5.32 Å². The molecule has 6 nitrogen and oxygen atoms in total. The zero-order valence-corrected chi connectivity index (χ0v) is 12.2. The van der Waals surface area contributed by atoms with Crippen molar-refractivity contribution < 1.29 is 19.1 Å². The van der Waals surface area contributed by atoms with Crippen molar-refractivity contribution in [2.24, 2.45) is 5.92 Å². The number of carboxylic acid groups (broad SMARTS) is 1. The van der Waals surface area contributed by atoms with E-state index in [2.05, 4.69) is 5.32 Å². The third-order valence-corrected chi connectivity index (χ3v) is 3.81. The van der Waals surface area contributed by atoms with Crippen molar-refractivity contribution in [3.8, 4) is 0 Å². The lowest BCUT2D eigenvalue weighted by molar-refractivity contribution is -0.138. The Bertz CT molecular complexity index is 472. The Kier molecular flexibility index (Phi) is 5.25. The Morgan fingerprint density at radius 3 is 3.05 bits per heavy atom. The van der Waals surface area contributed by atoms with Crippen molar-refractivity contribution in [2.45, 2.75) is 38.6 Å². The molecule has 2 unspecified atom stereocenters. The van der Waals surface area contributed by atoms with E-state index in [1.54, 1.807) is 11.2 Å². The molecule has 1 saturated heterocycles. The molecule has 1 aromatic heterocycles. The molecule has 6 heteroatoms. The first-order valence-electron chi connectivity index (χ1n) is 7.34. The summed E-state index contributed by atoms with van der Waals surface area (Å²) in [5, 5.41) is 11.7. The van der Waals surface area contributed by atoms with E-state index in [1.807, 2.05) is 19.1 Å². The lowest BCUT2D eigenvalue weighted by atomic mass is 10.1. The van der Waals surface area contributed by atoms with Crippen LogP contribution in [0.4, 0.5) is 4.79 Å². The van der Waals surface area contributed by atoms with Crippen LogP contribution in [0.5, 0.6) is 0 Å². The molecule has 1 aliphatic rings. The highest BCUT2D eigenvalue weighted by atomic mass is 16.4. The van der Waals surface area contributed by atoms with Crippen molar-refractivity contribution in [3.63, 3.8) is 0 Å². The van der Waals surface area contributed by atoms with Gasteiger partial charge in [0.05, 0.1) is 6.26 Å². The summed E-state index contributed by atoms with van der Waals surface area (Å²) < 4.78 is 5.26. The summed E-state index contributed by atoms with van der Waals surface area (Å²) >= 11 is 0. The fourth-order valence-corrected chi connectivity index (χ4v) is 2.62. The largest absolute Gasteiger partial charge is 0.481 e. The summed E-state index contributed by atoms with van der Waals surface area (Å²) in [7, 11) is 0. The highest BCUT2D eigenvalue weighted by Crippen LogP contribution is 2.19. The van der Waals surface area contributed by atoms with Crippen LogP contribution in [-0.2, 0) is 11.2 Å². The predicted molar refractivity (Wildman–Crippen MR) is 77.0 cm³/mol. The third kappa shape index (κ3) is 4.81. The average molecular weight is 294 g/mol. The van der Waals surface area contributed by atoms with Crippen LogP contribution in [0.3, 0.4) is 0 Å². The van der Waals surface area contributed by atoms with Gasteiger partial charge in [0, 0.05) is 32.0 Å². The second-order valence-electron chi connectivity index (χ2n) is 5.67. The fourth-order valence-electron chi connectivity index (χ4n) is 2.62. The standard InChI is InChI=1S/C15H22N2O4/c1-11(4-5-13-3-2-8-21-13)16-15(20)17-7-6-12(10-17)9-14(18)19/h2-3,8,11-12H,4-7,9-10H2,1H3,(H,16,20)(H,18,19). The van der Waals surface area contributed by atoms with Gasteiger partial charge in [-0.3, -0.25) is 4.79 Å². The van der Waals surface area contributed by atoms with Gasteiger partial charge < -0.3 is 19.7 Å². The van der Waals surface area contributed by atoms with Gasteiger partial charge in [0.1, 0.15) is 5.76 Å². The van der Waals surface area contributed by atoms with E-state index in [0.717, 1.165) is 25.0 Å². The summed E-state index contributed by atoms with van der Waals surface area (Å²) in [6.45, 7) is 3.13. The number of hydrogen-bond acceptors (Lipinski definition) is 3. The zero-order valence-electron chi connectivity index (χ0n) is 12.2. The number of likely N-dealkylation sites (tertiary alicyclic amines) is 1. The molecule has 2 heterocycles. The van der Waals surface area contributed by atoms with Gasteiger partial charge in [-0.2, -0.15) is 0 Å². The van der Waals surface area contributed by atoms with Crippen molar-refractivity contribution in [1.29, 1.82) is 0 Å². The number of rotatable bonds is 6. The highest BCUT2D eigenvalue weighted by molar-refractivity contribution is 5.75. The average Bonchev–Trinajstić information content (AvgIpc) is 3.06. The van der Waals surface area contributed by atoms with Gasteiger partial charge in [-0.15, -0.1) is 0 Å². The number of hydrogen-bond donors (Lipinski definition) is 2. The van der Waals surface area contributed by atoms with Crippen LogP contribution >= 0.6 is 0 Å². The molecule has 1 aliphatic heterocycles. The number of urea groups is 1. The van der Waals surface area contributed by atoms with Crippen LogP contribution in [0.15, 0.2) is 22.8 Å². The van der Waals surface area contributed by atoms with E-state index in [-0.39, 0.29) is 24.4 Å². The molecule has 0 aliphatic carbocycles. The lowest BCUT2D eigenvalue weighted by Gasteiger charge is -2.20. The topological polar surface area (TPSA) is 82.8 Å². The van der Waals surface area contributed by atoms with Gasteiger partial charge >= 0.3 is 12.0 Å². The first-order chi connectivity index (χ1) is 10.0. The van der Waals surface area contributed by atoms with Crippen molar-refractivity contribution in [3.05, 3.63) is 24.2 Å². The fraction of sp³-hybridized carbons (Fsp3) is 0.600. The van der Waals surface area contributed by atoms with Gasteiger partial charge in [-0.25, -0.2) is 4.79 Å². The van der Waals surface area contributed by atoms with Crippen LogP contribution in [0, 0.1) is 5.92 Å². The highest BCUT2D eigenvalue weighted by Gasteiger charge is 2.28. The molecule has 2 N–H and O–H groups in total. The van der Waals surface area contributed by atoms with Crippen molar-refractivity contribution >= 4 is 12.0 Å². The first-order valence-corrected chi connectivity index (χ1v) is 7.34. The van der Waals surface area contributed by atoms with E-state index < -0.39 is 5.97 Å². The van der Waals surface area contributed by atoms with Gasteiger partial charge in [0.25, 0.3) is 0 Å². The molecule has 2 amide bonds. The quantitative estimate of drug-likeness (QED) is 0.841. The van der Waals surface area contributed by atoms with Gasteiger partial charge in [0.2, 0.25) is 0 Å². The number of carboxylic acids is 1. The van der Waals surface area contributed by atoms with Gasteiger partial charge in [0.15, 0.2) is 0 Å². The molecular weight excluding hydrogens is 272 g/mol. The van der Waals surface area contributed by atoms with E-state index >= 15 is 0 Å². The summed E-state index contributed by atoms with van der Waals surface area (Å²) in [4.78, 5) is 24.5. The van der Waals surface area contributed by atoms with Crippen LogP contribution in [0.1, 0.15) is 31.9 Å². The number of nitrogens with one attached hydrogen (secondary N) is 1. The maximum Gasteiger partial charge on any atom is 0.317 e. The smallest absolute Gasteiger partial charge is 0.317 e. The van der Waals surface area contributed by atoms with E-state index in [0.29, 0.717) is 13.1 Å². The second kappa shape index (κ2) is 7.15. The van der Waals surface area contributed by atoms with Crippen LogP contribution in [0.2, 0.25) is 0 Å². The maximum atomic E-state index is 12.1. The van der Waals surface area contributed by atoms with Gasteiger partial charge in [-0.1, -0.05) is 0 Å². The number of nitrogens with zero attached hydrogens (tertiary/aromatic N) is 1. The number of aliphatic carboxylic acids is 1. The Labute approximate surface area is 124 Å². The summed E-state index contributed by atoms with van der Waals surface area (Å²) in [5.41, 5.74) is 0. The molecule has 0 spiro atoms. The molecule has 1 aromatic rings. The third-order valence-electron chi connectivity index (χ3n) is 3.81. The number of carbonyl (C=O) groups is 2. The normalized spacial score (nSPS) is 19.5. The van der Waals surface area contributed by atoms with Crippen LogP contribution in [-0.4, -0.2) is 41.1 Å². The summed E-state index contributed by atoms with van der Waals surface area (Å²) in [6, 6.07) is 3.73. The molecule has 21 heavy (non-hydrogen) atoms. The molecule has 2 atom stereocenters. The Morgan fingerprint density at radius 2 is 2.38 bits per heavy atom. The Balaban J connectivity index is 1.70. The molecule has 0 bridgehead atoms. The molecule has 116 valence electrons. The summed E-state index contributed by atoms with van der Waals surface area (Å²) in [6.07, 6.45) is 4.14. The molecule has 0 saturated carbocycles. The predicted octanol–water partition coefficient (Wildman–Crippen LogP) is 2.11. The molecule has 0 radical (unpaired) electrons. The minimum atomic E-state index is -0.797. The number of furan rings is 1. The first kappa shape index (κ1) is 15.4. The van der Waals surface area contributed by atoms with Crippen molar-refractivity contribution in [1.82, 2.24) is 10.2 Å². The minimum Gasteiger partial charge on any atom is -0.481 e. The second-order valence-corrected chi connectivity index (χ2v) is 5.67. The number of carbonyl (C=O) groups excluding carboxylic acids is 1. The number of amides is 2. The van der Waals surface area contributed by atoms with E-state index in [9.17, 15) is 9.59 Å². The van der Waals surface area contributed by atoms with Crippen LogP contribution in [0.25, 0.3) is 0 Å². The molecular formula is C15H22N2O4. The molecule has 1 fully saturated rings. The zero-order chi connectivity index (χ0) is 15.2. The molecule has 0 aromatic carbocycles. The lowest BCUT2D eigenvalue weighted by Crippen LogP contribution is -2.43. The Morgan fingerprint density at radius 1 is 1.57 bits per heavy atom. The van der Waals surface area contributed by atoms with E-state index in [4.69, 9.17) is 9.52 Å². The SMILES string of the molecule is CC(CCc1ccco1)NC(=O)N1CCC(CC(=O)O)C1. The monoisotopic (exact) mass is 294 g/mol. The minimum absolute atomic E-state index is 0.0566.